The molecule has 0 aromatic heterocycles. The Morgan fingerprint density at radius 2 is 1.84 bits per heavy atom. The number of rotatable bonds is 4. The lowest BCUT2D eigenvalue weighted by molar-refractivity contribution is -0.118. The SMILES string of the molecule is NCC1(CC(=O)Nc2ccc(F)cc2)CCCCC1. The molecule has 1 aromatic rings. The second kappa shape index (κ2) is 6.15. The van der Waals surface area contributed by atoms with Gasteiger partial charge in [-0.05, 0) is 49.1 Å². The molecule has 3 N–H and O–H groups in total. The Kier molecular flexibility index (Phi) is 4.53. The molecule has 3 nitrogen and oxygen atoms in total. The van der Waals surface area contributed by atoms with E-state index in [1.54, 1.807) is 12.1 Å². The number of nitrogens with two attached hydrogens (primary N) is 1. The van der Waals surface area contributed by atoms with Crippen molar-refractivity contribution in [2.24, 2.45) is 11.1 Å². The number of hydrogen-bond acceptors (Lipinski definition) is 2. The van der Waals surface area contributed by atoms with Crippen molar-refractivity contribution in [1.82, 2.24) is 0 Å². The quantitative estimate of drug-likeness (QED) is 0.878. The molecule has 0 radical (unpaired) electrons. The molecule has 0 saturated heterocycles. The Hall–Kier alpha value is -1.42. The summed E-state index contributed by atoms with van der Waals surface area (Å²) in [5, 5.41) is 2.81. The molecule has 104 valence electrons. The molecule has 4 heteroatoms. The minimum Gasteiger partial charge on any atom is -0.330 e. The van der Waals surface area contributed by atoms with Crippen molar-refractivity contribution in [2.45, 2.75) is 38.5 Å². The zero-order valence-electron chi connectivity index (χ0n) is 11.1. The molecular weight excluding hydrogens is 243 g/mol. The van der Waals surface area contributed by atoms with Gasteiger partial charge in [0.1, 0.15) is 5.82 Å². The van der Waals surface area contributed by atoms with Crippen LogP contribution in [-0.4, -0.2) is 12.5 Å². The molecule has 1 saturated carbocycles. The monoisotopic (exact) mass is 264 g/mol. The second-order valence-corrected chi connectivity index (χ2v) is 5.50. The highest BCUT2D eigenvalue weighted by molar-refractivity contribution is 5.91. The summed E-state index contributed by atoms with van der Waals surface area (Å²) >= 11 is 0. The predicted octanol–water partition coefficient (Wildman–Crippen LogP) is 3.06. The van der Waals surface area contributed by atoms with Crippen LogP contribution in [0, 0.1) is 11.2 Å². The van der Waals surface area contributed by atoms with Gasteiger partial charge in [-0.2, -0.15) is 0 Å². The van der Waals surface area contributed by atoms with Gasteiger partial charge in [-0.25, -0.2) is 4.39 Å². The van der Waals surface area contributed by atoms with Crippen molar-refractivity contribution in [3.8, 4) is 0 Å². The Morgan fingerprint density at radius 1 is 1.21 bits per heavy atom. The minimum atomic E-state index is -0.302. The first-order valence-electron chi connectivity index (χ1n) is 6.89. The smallest absolute Gasteiger partial charge is 0.224 e. The number of anilines is 1. The van der Waals surface area contributed by atoms with Gasteiger partial charge in [0.25, 0.3) is 0 Å². The maximum absolute atomic E-state index is 12.8. The Bertz CT molecular complexity index is 424. The van der Waals surface area contributed by atoms with E-state index < -0.39 is 0 Å². The molecule has 0 heterocycles. The van der Waals surface area contributed by atoms with Crippen molar-refractivity contribution in [1.29, 1.82) is 0 Å². The van der Waals surface area contributed by atoms with Crippen molar-refractivity contribution in [3.05, 3.63) is 30.1 Å². The molecule has 0 bridgehead atoms. The zero-order chi connectivity index (χ0) is 13.7. The first-order chi connectivity index (χ1) is 9.13. The van der Waals surface area contributed by atoms with E-state index in [9.17, 15) is 9.18 Å². The van der Waals surface area contributed by atoms with E-state index >= 15 is 0 Å². The molecule has 0 spiro atoms. The minimum absolute atomic E-state index is 0.0287. The van der Waals surface area contributed by atoms with Crippen LogP contribution in [-0.2, 0) is 4.79 Å². The normalized spacial score (nSPS) is 18.0. The average Bonchev–Trinajstić information content (AvgIpc) is 2.42. The number of benzene rings is 1. The standard InChI is InChI=1S/C15H21FN2O/c16-12-4-6-13(7-5-12)18-14(19)10-15(11-17)8-2-1-3-9-15/h4-7H,1-3,8-11,17H2,(H,18,19). The van der Waals surface area contributed by atoms with E-state index in [0.717, 1.165) is 25.7 Å². The molecule has 0 unspecified atom stereocenters. The van der Waals surface area contributed by atoms with Crippen molar-refractivity contribution in [2.75, 3.05) is 11.9 Å². The summed E-state index contributed by atoms with van der Waals surface area (Å²) in [5.41, 5.74) is 6.46. The fourth-order valence-corrected chi connectivity index (χ4v) is 2.83. The van der Waals surface area contributed by atoms with Crippen LogP contribution in [0.15, 0.2) is 24.3 Å². The third-order valence-electron chi connectivity index (χ3n) is 4.01. The van der Waals surface area contributed by atoms with E-state index in [1.165, 1.54) is 18.6 Å². The molecule has 1 aromatic carbocycles. The maximum atomic E-state index is 12.8. The van der Waals surface area contributed by atoms with Gasteiger partial charge >= 0.3 is 0 Å². The van der Waals surface area contributed by atoms with Crippen LogP contribution >= 0.6 is 0 Å². The third-order valence-corrected chi connectivity index (χ3v) is 4.01. The summed E-state index contributed by atoms with van der Waals surface area (Å²) in [6.45, 7) is 0.559. The summed E-state index contributed by atoms with van der Waals surface area (Å²) in [6.07, 6.45) is 6.06. The van der Waals surface area contributed by atoms with Crippen LogP contribution < -0.4 is 11.1 Å². The van der Waals surface area contributed by atoms with Gasteiger partial charge in [0, 0.05) is 12.1 Å². The van der Waals surface area contributed by atoms with Gasteiger partial charge in [0.05, 0.1) is 0 Å². The topological polar surface area (TPSA) is 55.1 Å². The highest BCUT2D eigenvalue weighted by Gasteiger charge is 2.32. The number of nitrogens with one attached hydrogen (secondary N) is 1. The van der Waals surface area contributed by atoms with Gasteiger partial charge in [-0.15, -0.1) is 0 Å². The van der Waals surface area contributed by atoms with E-state index in [4.69, 9.17) is 5.73 Å². The molecule has 1 amide bonds. The summed E-state index contributed by atoms with van der Waals surface area (Å²) in [6, 6.07) is 5.83. The van der Waals surface area contributed by atoms with Crippen LogP contribution in [0.4, 0.5) is 10.1 Å². The van der Waals surface area contributed by atoms with Crippen molar-refractivity contribution < 1.29 is 9.18 Å². The highest BCUT2D eigenvalue weighted by Crippen LogP contribution is 2.38. The number of carbonyl (C=O) groups excluding carboxylic acids is 1. The lowest BCUT2D eigenvalue weighted by atomic mass is 9.71. The molecule has 0 atom stereocenters. The van der Waals surface area contributed by atoms with Gasteiger partial charge < -0.3 is 11.1 Å². The van der Waals surface area contributed by atoms with E-state index in [-0.39, 0.29) is 17.1 Å². The Balaban J connectivity index is 1.94. The number of hydrogen-bond donors (Lipinski definition) is 2. The van der Waals surface area contributed by atoms with E-state index in [1.807, 2.05) is 0 Å². The number of halogens is 1. The molecule has 1 fully saturated rings. The highest BCUT2D eigenvalue weighted by atomic mass is 19.1. The second-order valence-electron chi connectivity index (χ2n) is 5.50. The maximum Gasteiger partial charge on any atom is 0.224 e. The molecule has 0 aliphatic heterocycles. The number of carbonyl (C=O) groups is 1. The zero-order valence-corrected chi connectivity index (χ0v) is 11.1. The van der Waals surface area contributed by atoms with E-state index in [2.05, 4.69) is 5.32 Å². The fourth-order valence-electron chi connectivity index (χ4n) is 2.83. The lowest BCUT2D eigenvalue weighted by Gasteiger charge is -2.35. The van der Waals surface area contributed by atoms with Crippen LogP contribution in [0.25, 0.3) is 0 Å². The fraction of sp³-hybridized carbons (Fsp3) is 0.533. The Morgan fingerprint density at radius 3 is 2.42 bits per heavy atom. The summed E-state index contributed by atoms with van der Waals surface area (Å²) in [5.74, 6) is -0.331. The van der Waals surface area contributed by atoms with Crippen LogP contribution in [0.2, 0.25) is 0 Å². The van der Waals surface area contributed by atoms with Gasteiger partial charge in [-0.3, -0.25) is 4.79 Å². The summed E-state index contributed by atoms with van der Waals surface area (Å²) in [7, 11) is 0. The van der Waals surface area contributed by atoms with Gasteiger partial charge in [0.2, 0.25) is 5.91 Å². The predicted molar refractivity (Wildman–Crippen MR) is 74.2 cm³/mol. The lowest BCUT2D eigenvalue weighted by Crippen LogP contribution is -2.36. The summed E-state index contributed by atoms with van der Waals surface area (Å²) < 4.78 is 12.8. The van der Waals surface area contributed by atoms with Gasteiger partial charge in [0.15, 0.2) is 0 Å². The first-order valence-corrected chi connectivity index (χ1v) is 6.89. The molecular formula is C15H21FN2O. The van der Waals surface area contributed by atoms with Crippen LogP contribution in [0.1, 0.15) is 38.5 Å². The van der Waals surface area contributed by atoms with Crippen LogP contribution in [0.3, 0.4) is 0 Å². The van der Waals surface area contributed by atoms with Gasteiger partial charge in [-0.1, -0.05) is 19.3 Å². The molecule has 2 rings (SSSR count). The van der Waals surface area contributed by atoms with Crippen molar-refractivity contribution >= 4 is 11.6 Å². The molecule has 1 aliphatic rings. The number of amides is 1. The average molecular weight is 264 g/mol. The van der Waals surface area contributed by atoms with Crippen molar-refractivity contribution in [3.63, 3.8) is 0 Å². The van der Waals surface area contributed by atoms with Crippen LogP contribution in [0.5, 0.6) is 0 Å². The third kappa shape index (κ3) is 3.77. The first kappa shape index (κ1) is 14.0. The van der Waals surface area contributed by atoms with E-state index in [0.29, 0.717) is 18.7 Å². The Labute approximate surface area is 113 Å². The molecule has 19 heavy (non-hydrogen) atoms. The largest absolute Gasteiger partial charge is 0.330 e. The molecule has 1 aliphatic carbocycles. The summed E-state index contributed by atoms with van der Waals surface area (Å²) in [4.78, 5) is 12.1.